The summed E-state index contributed by atoms with van der Waals surface area (Å²) in [6, 6.07) is 5.16. The van der Waals surface area contributed by atoms with Crippen molar-refractivity contribution in [3.63, 3.8) is 0 Å². The summed E-state index contributed by atoms with van der Waals surface area (Å²) in [7, 11) is -3.54. The van der Waals surface area contributed by atoms with E-state index in [0.29, 0.717) is 12.2 Å². The van der Waals surface area contributed by atoms with E-state index in [-0.39, 0.29) is 4.90 Å². The maximum atomic E-state index is 12.3. The van der Waals surface area contributed by atoms with Gasteiger partial charge in [0.25, 0.3) is 0 Å². The molecule has 0 atom stereocenters. The van der Waals surface area contributed by atoms with E-state index in [9.17, 15) is 8.42 Å². The SMILES string of the molecule is Cc1cc(N)cc(S(=O)(=O)NCc2ccsc2)c1C. The van der Waals surface area contributed by atoms with Gasteiger partial charge in [-0.15, -0.1) is 0 Å². The summed E-state index contributed by atoms with van der Waals surface area (Å²) in [6.07, 6.45) is 0. The summed E-state index contributed by atoms with van der Waals surface area (Å²) in [4.78, 5) is 0.250. The van der Waals surface area contributed by atoms with Crippen LogP contribution in [-0.2, 0) is 16.6 Å². The number of nitrogen functional groups attached to an aromatic ring is 1. The van der Waals surface area contributed by atoms with Crippen LogP contribution in [0.2, 0.25) is 0 Å². The summed E-state index contributed by atoms with van der Waals surface area (Å²) in [5, 5.41) is 3.83. The number of thiophene rings is 1. The molecule has 0 saturated carbocycles. The zero-order valence-electron chi connectivity index (χ0n) is 10.8. The van der Waals surface area contributed by atoms with Crippen molar-refractivity contribution in [1.82, 2.24) is 4.72 Å². The highest BCUT2D eigenvalue weighted by Crippen LogP contribution is 2.22. The lowest BCUT2D eigenvalue weighted by atomic mass is 10.1. The van der Waals surface area contributed by atoms with Crippen LogP contribution in [0.25, 0.3) is 0 Å². The van der Waals surface area contributed by atoms with Crippen LogP contribution in [0.3, 0.4) is 0 Å². The minimum absolute atomic E-state index is 0.250. The van der Waals surface area contributed by atoms with Crippen LogP contribution < -0.4 is 10.5 Å². The van der Waals surface area contributed by atoms with Gasteiger partial charge in [-0.05, 0) is 59.5 Å². The monoisotopic (exact) mass is 296 g/mol. The van der Waals surface area contributed by atoms with Crippen molar-refractivity contribution in [2.45, 2.75) is 25.3 Å². The molecule has 0 bridgehead atoms. The largest absolute Gasteiger partial charge is 0.399 e. The van der Waals surface area contributed by atoms with Crippen molar-refractivity contribution >= 4 is 27.0 Å². The molecule has 0 radical (unpaired) electrons. The summed E-state index contributed by atoms with van der Waals surface area (Å²) in [5.74, 6) is 0. The number of sulfonamides is 1. The Kier molecular flexibility index (Phi) is 3.93. The molecule has 3 N–H and O–H groups in total. The Bertz CT molecular complexity index is 677. The first-order valence-electron chi connectivity index (χ1n) is 5.77. The Morgan fingerprint density at radius 3 is 2.68 bits per heavy atom. The van der Waals surface area contributed by atoms with Crippen LogP contribution >= 0.6 is 11.3 Å². The molecule has 1 heterocycles. The second-order valence-corrected chi connectivity index (χ2v) is 6.93. The standard InChI is InChI=1S/C13H16N2O2S2/c1-9-5-12(14)6-13(10(9)2)19(16,17)15-7-11-3-4-18-8-11/h3-6,8,15H,7,14H2,1-2H3. The molecular weight excluding hydrogens is 280 g/mol. The molecule has 102 valence electrons. The summed E-state index contributed by atoms with van der Waals surface area (Å²) >= 11 is 1.54. The fourth-order valence-corrected chi connectivity index (χ4v) is 3.82. The van der Waals surface area contributed by atoms with Gasteiger partial charge in [-0.1, -0.05) is 0 Å². The Morgan fingerprint density at radius 1 is 1.32 bits per heavy atom. The Morgan fingerprint density at radius 2 is 2.05 bits per heavy atom. The fourth-order valence-electron chi connectivity index (χ4n) is 1.78. The molecule has 0 spiro atoms. The quantitative estimate of drug-likeness (QED) is 0.851. The summed E-state index contributed by atoms with van der Waals surface area (Å²) in [5.41, 5.74) is 8.73. The number of rotatable bonds is 4. The third kappa shape index (κ3) is 3.15. The molecule has 0 aliphatic heterocycles. The van der Waals surface area contributed by atoms with E-state index in [2.05, 4.69) is 4.72 Å². The third-order valence-electron chi connectivity index (χ3n) is 2.98. The van der Waals surface area contributed by atoms with Gasteiger partial charge in [0.2, 0.25) is 10.0 Å². The van der Waals surface area contributed by atoms with Crippen molar-refractivity contribution in [2.75, 3.05) is 5.73 Å². The highest BCUT2D eigenvalue weighted by atomic mass is 32.2. The van der Waals surface area contributed by atoms with Gasteiger partial charge in [0.15, 0.2) is 0 Å². The van der Waals surface area contributed by atoms with Gasteiger partial charge >= 0.3 is 0 Å². The number of hydrogen-bond acceptors (Lipinski definition) is 4. The van der Waals surface area contributed by atoms with Gasteiger partial charge in [-0.2, -0.15) is 11.3 Å². The molecule has 4 nitrogen and oxygen atoms in total. The zero-order valence-corrected chi connectivity index (χ0v) is 12.4. The summed E-state index contributed by atoms with van der Waals surface area (Å²) in [6.45, 7) is 3.93. The minimum atomic E-state index is -3.54. The molecule has 0 saturated heterocycles. The van der Waals surface area contributed by atoms with E-state index in [0.717, 1.165) is 16.7 Å². The molecule has 2 rings (SSSR count). The maximum absolute atomic E-state index is 12.3. The Hall–Kier alpha value is -1.37. The Labute approximate surface area is 117 Å². The molecule has 6 heteroatoms. The molecule has 0 aliphatic rings. The number of nitrogens with two attached hydrogens (primary N) is 1. The third-order valence-corrected chi connectivity index (χ3v) is 5.24. The van der Waals surface area contributed by atoms with Crippen LogP contribution in [-0.4, -0.2) is 8.42 Å². The van der Waals surface area contributed by atoms with E-state index in [1.54, 1.807) is 13.0 Å². The number of hydrogen-bond donors (Lipinski definition) is 2. The van der Waals surface area contributed by atoms with E-state index in [1.165, 1.54) is 17.4 Å². The van der Waals surface area contributed by atoms with Gasteiger partial charge in [0, 0.05) is 12.2 Å². The average Bonchev–Trinajstić information content (AvgIpc) is 2.84. The number of anilines is 1. The van der Waals surface area contributed by atoms with Crippen LogP contribution in [0.5, 0.6) is 0 Å². The summed E-state index contributed by atoms with van der Waals surface area (Å²) < 4.78 is 27.2. The molecule has 2 aromatic rings. The van der Waals surface area contributed by atoms with Gasteiger partial charge in [0.1, 0.15) is 0 Å². The zero-order chi connectivity index (χ0) is 14.0. The first-order chi connectivity index (χ1) is 8.90. The lowest BCUT2D eigenvalue weighted by Gasteiger charge is -2.12. The van der Waals surface area contributed by atoms with Crippen molar-refractivity contribution in [3.8, 4) is 0 Å². The highest BCUT2D eigenvalue weighted by molar-refractivity contribution is 7.89. The van der Waals surface area contributed by atoms with Crippen LogP contribution in [0.15, 0.2) is 33.9 Å². The van der Waals surface area contributed by atoms with Crippen LogP contribution in [0.4, 0.5) is 5.69 Å². The predicted octanol–water partition coefficient (Wildman–Crippen LogP) is 2.43. The minimum Gasteiger partial charge on any atom is -0.399 e. The van der Waals surface area contributed by atoms with Gasteiger partial charge in [-0.25, -0.2) is 13.1 Å². The maximum Gasteiger partial charge on any atom is 0.241 e. The van der Waals surface area contributed by atoms with E-state index >= 15 is 0 Å². The Balaban J connectivity index is 2.29. The first-order valence-corrected chi connectivity index (χ1v) is 8.20. The van der Waals surface area contributed by atoms with Crippen LogP contribution in [0, 0.1) is 13.8 Å². The topological polar surface area (TPSA) is 72.2 Å². The number of nitrogens with one attached hydrogen (secondary N) is 1. The van der Waals surface area contributed by atoms with Gasteiger partial charge in [-0.3, -0.25) is 0 Å². The van der Waals surface area contributed by atoms with Crippen molar-refractivity contribution in [1.29, 1.82) is 0 Å². The van der Waals surface area contributed by atoms with Crippen molar-refractivity contribution in [3.05, 3.63) is 45.6 Å². The molecule has 0 aliphatic carbocycles. The average molecular weight is 296 g/mol. The van der Waals surface area contributed by atoms with Gasteiger partial charge < -0.3 is 5.73 Å². The molecule has 0 unspecified atom stereocenters. The second kappa shape index (κ2) is 5.32. The lowest BCUT2D eigenvalue weighted by Crippen LogP contribution is -2.24. The molecule has 1 aromatic carbocycles. The van der Waals surface area contributed by atoms with Crippen molar-refractivity contribution < 1.29 is 8.42 Å². The number of benzene rings is 1. The fraction of sp³-hybridized carbons (Fsp3) is 0.231. The predicted molar refractivity (Wildman–Crippen MR) is 78.7 cm³/mol. The van der Waals surface area contributed by atoms with E-state index in [1.807, 2.05) is 23.8 Å². The molecule has 1 aromatic heterocycles. The van der Waals surface area contributed by atoms with Gasteiger partial charge in [0.05, 0.1) is 4.90 Å². The van der Waals surface area contributed by atoms with E-state index < -0.39 is 10.0 Å². The smallest absolute Gasteiger partial charge is 0.241 e. The number of aryl methyl sites for hydroxylation is 1. The normalized spacial score (nSPS) is 11.7. The highest BCUT2D eigenvalue weighted by Gasteiger charge is 2.18. The molecular formula is C13H16N2O2S2. The first kappa shape index (κ1) is 14.0. The molecule has 0 amide bonds. The van der Waals surface area contributed by atoms with Crippen molar-refractivity contribution in [2.24, 2.45) is 0 Å². The second-order valence-electron chi connectivity index (χ2n) is 4.42. The lowest BCUT2D eigenvalue weighted by molar-refractivity contribution is 0.580. The van der Waals surface area contributed by atoms with E-state index in [4.69, 9.17) is 5.73 Å². The molecule has 0 fully saturated rings. The molecule has 19 heavy (non-hydrogen) atoms. The van der Waals surface area contributed by atoms with Crippen LogP contribution in [0.1, 0.15) is 16.7 Å².